The second-order valence-electron chi connectivity index (χ2n) is 6.66. The lowest BCUT2D eigenvalue weighted by atomic mass is 10.2. The van der Waals surface area contributed by atoms with Crippen LogP contribution in [0.25, 0.3) is 10.2 Å². The molecule has 0 radical (unpaired) electrons. The van der Waals surface area contributed by atoms with E-state index in [-0.39, 0.29) is 22.4 Å². The first kappa shape index (κ1) is 19.6. The average molecular weight is 439 g/mol. The molecule has 0 amide bonds. The number of fused-ring (bicyclic) bond motifs is 1. The van der Waals surface area contributed by atoms with E-state index in [2.05, 4.69) is 4.72 Å². The third kappa shape index (κ3) is 4.01. The Hall–Kier alpha value is -1.71. The van der Waals surface area contributed by atoms with Crippen molar-refractivity contribution in [3.05, 3.63) is 62.7 Å². The minimum Gasteiger partial charge on any atom is -0.377 e. The van der Waals surface area contributed by atoms with E-state index in [1.54, 1.807) is 22.8 Å². The number of ether oxygens (including phenoxy) is 1. The summed E-state index contributed by atoms with van der Waals surface area (Å²) < 4.78 is 35.5. The SMILES string of the molecule is O=c1sc2cc(S(=O)(=O)NC[C@H]3CCCO3)ccc2n1Cc1ccccc1Cl. The molecule has 0 spiro atoms. The molecule has 2 aromatic carbocycles. The number of hydrogen-bond donors (Lipinski definition) is 1. The van der Waals surface area contributed by atoms with Gasteiger partial charge in [0.25, 0.3) is 0 Å². The van der Waals surface area contributed by atoms with Crippen molar-refractivity contribution in [3.8, 4) is 0 Å². The number of hydrogen-bond acceptors (Lipinski definition) is 5. The molecule has 1 aromatic heterocycles. The fourth-order valence-electron chi connectivity index (χ4n) is 3.25. The zero-order chi connectivity index (χ0) is 19.7. The molecule has 0 saturated carbocycles. The van der Waals surface area contributed by atoms with Crippen LogP contribution in [0.2, 0.25) is 5.02 Å². The number of thiazole rings is 1. The summed E-state index contributed by atoms with van der Waals surface area (Å²) in [5.74, 6) is 0. The van der Waals surface area contributed by atoms with Gasteiger partial charge in [-0.2, -0.15) is 0 Å². The van der Waals surface area contributed by atoms with Crippen LogP contribution in [0.4, 0.5) is 0 Å². The Kier molecular flexibility index (Phi) is 5.57. The smallest absolute Gasteiger partial charge is 0.308 e. The summed E-state index contributed by atoms with van der Waals surface area (Å²) >= 11 is 7.23. The van der Waals surface area contributed by atoms with E-state index >= 15 is 0 Å². The van der Waals surface area contributed by atoms with Gasteiger partial charge < -0.3 is 4.74 Å². The number of nitrogens with one attached hydrogen (secondary N) is 1. The number of nitrogens with zero attached hydrogens (tertiary/aromatic N) is 1. The molecule has 1 N–H and O–H groups in total. The predicted octanol–water partition coefficient (Wildman–Crippen LogP) is 3.22. The highest BCUT2D eigenvalue weighted by molar-refractivity contribution is 7.89. The van der Waals surface area contributed by atoms with Gasteiger partial charge in [0.1, 0.15) is 0 Å². The van der Waals surface area contributed by atoms with E-state index in [1.165, 1.54) is 6.07 Å². The summed E-state index contributed by atoms with van der Waals surface area (Å²) in [6.45, 7) is 1.26. The van der Waals surface area contributed by atoms with Crippen LogP contribution in [-0.2, 0) is 21.3 Å². The first-order chi connectivity index (χ1) is 13.4. The molecule has 28 heavy (non-hydrogen) atoms. The molecule has 0 aliphatic carbocycles. The lowest BCUT2D eigenvalue weighted by Gasteiger charge is -2.11. The standard InChI is InChI=1S/C19H19ClN2O4S2/c20-16-6-2-1-4-13(16)12-22-17-8-7-15(10-18(17)27-19(22)23)28(24,25)21-11-14-5-3-9-26-14/h1-2,4,6-8,10,14,21H,3,5,9,11-12H2/t14-/m1/s1. The number of benzene rings is 2. The van der Waals surface area contributed by atoms with Gasteiger partial charge in [-0.3, -0.25) is 9.36 Å². The molecular formula is C19H19ClN2O4S2. The average Bonchev–Trinajstić information content (AvgIpc) is 3.29. The van der Waals surface area contributed by atoms with Crippen LogP contribution in [0, 0.1) is 0 Å². The first-order valence-electron chi connectivity index (χ1n) is 8.92. The van der Waals surface area contributed by atoms with Crippen molar-refractivity contribution < 1.29 is 13.2 Å². The fraction of sp³-hybridized carbons (Fsp3) is 0.316. The Morgan fingerprint density at radius 2 is 2.07 bits per heavy atom. The van der Waals surface area contributed by atoms with Crippen LogP contribution in [0.3, 0.4) is 0 Å². The van der Waals surface area contributed by atoms with Gasteiger partial charge in [-0.15, -0.1) is 0 Å². The third-order valence-electron chi connectivity index (χ3n) is 4.76. The van der Waals surface area contributed by atoms with Crippen LogP contribution >= 0.6 is 22.9 Å². The Balaban J connectivity index is 1.61. The highest BCUT2D eigenvalue weighted by Crippen LogP contribution is 2.24. The molecule has 1 saturated heterocycles. The summed E-state index contributed by atoms with van der Waals surface area (Å²) in [5, 5.41) is 0.589. The summed E-state index contributed by atoms with van der Waals surface area (Å²) in [6, 6.07) is 12.1. The van der Waals surface area contributed by atoms with Crippen LogP contribution in [0.5, 0.6) is 0 Å². The third-order valence-corrected chi connectivity index (χ3v) is 7.49. The minimum absolute atomic E-state index is 0.0775. The Labute approximate surface area is 171 Å². The number of sulfonamides is 1. The molecule has 4 rings (SSSR count). The van der Waals surface area contributed by atoms with E-state index in [0.717, 1.165) is 29.7 Å². The van der Waals surface area contributed by atoms with Crippen molar-refractivity contribution in [2.75, 3.05) is 13.2 Å². The Morgan fingerprint density at radius 1 is 1.25 bits per heavy atom. The van der Waals surface area contributed by atoms with E-state index in [4.69, 9.17) is 16.3 Å². The molecule has 1 aliphatic heterocycles. The Morgan fingerprint density at radius 3 is 2.82 bits per heavy atom. The maximum Gasteiger partial charge on any atom is 0.308 e. The van der Waals surface area contributed by atoms with E-state index in [1.807, 2.05) is 18.2 Å². The summed E-state index contributed by atoms with van der Waals surface area (Å²) in [6.07, 6.45) is 1.73. The van der Waals surface area contributed by atoms with Crippen LogP contribution in [-0.4, -0.2) is 32.2 Å². The molecular weight excluding hydrogens is 420 g/mol. The lowest BCUT2D eigenvalue weighted by Crippen LogP contribution is -2.31. The monoisotopic (exact) mass is 438 g/mol. The highest BCUT2D eigenvalue weighted by Gasteiger charge is 2.21. The molecule has 2 heterocycles. The van der Waals surface area contributed by atoms with Crippen molar-refractivity contribution >= 4 is 43.2 Å². The van der Waals surface area contributed by atoms with Crippen LogP contribution in [0.15, 0.2) is 52.2 Å². The molecule has 9 heteroatoms. The lowest BCUT2D eigenvalue weighted by molar-refractivity contribution is 0.114. The van der Waals surface area contributed by atoms with E-state index < -0.39 is 10.0 Å². The summed E-state index contributed by atoms with van der Waals surface area (Å²) in [4.78, 5) is 12.5. The maximum absolute atomic E-state index is 12.6. The number of rotatable bonds is 6. The first-order valence-corrected chi connectivity index (χ1v) is 11.6. The number of aromatic nitrogens is 1. The number of halogens is 1. The van der Waals surface area contributed by atoms with Crippen LogP contribution in [0.1, 0.15) is 18.4 Å². The highest BCUT2D eigenvalue weighted by atomic mass is 35.5. The molecule has 3 aromatic rings. The van der Waals surface area contributed by atoms with Gasteiger partial charge in [0, 0.05) is 18.2 Å². The molecule has 1 fully saturated rings. The van der Waals surface area contributed by atoms with Crippen molar-refractivity contribution in [1.29, 1.82) is 0 Å². The maximum atomic E-state index is 12.6. The largest absolute Gasteiger partial charge is 0.377 e. The van der Waals surface area contributed by atoms with Gasteiger partial charge in [0.15, 0.2) is 0 Å². The molecule has 148 valence electrons. The van der Waals surface area contributed by atoms with Crippen molar-refractivity contribution in [2.45, 2.75) is 30.4 Å². The fourth-order valence-corrected chi connectivity index (χ4v) is 5.54. The zero-order valence-corrected chi connectivity index (χ0v) is 17.3. The zero-order valence-electron chi connectivity index (χ0n) is 14.9. The van der Waals surface area contributed by atoms with Gasteiger partial charge in [0.2, 0.25) is 10.0 Å². The normalized spacial score (nSPS) is 17.4. The quantitative estimate of drug-likeness (QED) is 0.641. The van der Waals surface area contributed by atoms with Gasteiger partial charge in [0.05, 0.1) is 27.8 Å². The predicted molar refractivity (Wildman–Crippen MR) is 111 cm³/mol. The summed E-state index contributed by atoms with van der Waals surface area (Å²) in [7, 11) is -3.66. The van der Waals surface area contributed by atoms with Gasteiger partial charge in [-0.25, -0.2) is 13.1 Å². The van der Waals surface area contributed by atoms with E-state index in [9.17, 15) is 13.2 Å². The topological polar surface area (TPSA) is 77.4 Å². The van der Waals surface area contributed by atoms with E-state index in [0.29, 0.717) is 28.4 Å². The minimum atomic E-state index is -3.66. The summed E-state index contributed by atoms with van der Waals surface area (Å²) in [5.41, 5.74) is 1.52. The van der Waals surface area contributed by atoms with Gasteiger partial charge in [-0.1, -0.05) is 41.1 Å². The van der Waals surface area contributed by atoms with Crippen LogP contribution < -0.4 is 9.60 Å². The second-order valence-corrected chi connectivity index (χ2v) is 9.83. The molecule has 1 aliphatic rings. The molecule has 6 nitrogen and oxygen atoms in total. The molecule has 1 atom stereocenters. The molecule has 0 bridgehead atoms. The van der Waals surface area contributed by atoms with Gasteiger partial charge >= 0.3 is 4.87 Å². The van der Waals surface area contributed by atoms with Crippen molar-refractivity contribution in [2.24, 2.45) is 0 Å². The Bertz CT molecular complexity index is 1160. The van der Waals surface area contributed by atoms with Crippen molar-refractivity contribution in [1.82, 2.24) is 9.29 Å². The van der Waals surface area contributed by atoms with Crippen molar-refractivity contribution in [3.63, 3.8) is 0 Å². The molecule has 0 unspecified atom stereocenters. The second kappa shape index (κ2) is 7.96. The van der Waals surface area contributed by atoms with Gasteiger partial charge in [-0.05, 0) is 42.7 Å².